The van der Waals surface area contributed by atoms with E-state index in [1.54, 1.807) is 6.92 Å². The van der Waals surface area contributed by atoms with Crippen molar-refractivity contribution in [3.63, 3.8) is 0 Å². The first-order valence-corrected chi connectivity index (χ1v) is 5.40. The monoisotopic (exact) mass is 220 g/mol. The number of carbonyl (C=O) groups excluding carboxylic acids is 2. The van der Waals surface area contributed by atoms with Gasteiger partial charge >= 0.3 is 0 Å². The molecular formula is C13H13FO2. The molecule has 1 fully saturated rings. The number of rotatable bonds is 2. The molecule has 2 nitrogen and oxygen atoms in total. The number of ketones is 2. The smallest absolute Gasteiger partial charge is 0.166 e. The maximum Gasteiger partial charge on any atom is 0.166 e. The summed E-state index contributed by atoms with van der Waals surface area (Å²) in [6, 6.07) is 4.15. The average Bonchev–Trinajstić information content (AvgIpc) is 2.64. The Labute approximate surface area is 93.5 Å². The first-order valence-electron chi connectivity index (χ1n) is 5.40. The van der Waals surface area contributed by atoms with Crippen LogP contribution in [0.2, 0.25) is 0 Å². The molecule has 0 spiro atoms. The van der Waals surface area contributed by atoms with Gasteiger partial charge in [0.15, 0.2) is 5.78 Å². The molecule has 1 saturated carbocycles. The highest BCUT2D eigenvalue weighted by Gasteiger charge is 2.29. The minimum Gasteiger partial charge on any atom is -0.300 e. The van der Waals surface area contributed by atoms with Gasteiger partial charge in [0.25, 0.3) is 0 Å². The molecule has 1 aliphatic rings. The highest BCUT2D eigenvalue weighted by Crippen LogP contribution is 2.27. The summed E-state index contributed by atoms with van der Waals surface area (Å²) in [6.45, 7) is 1.72. The Kier molecular flexibility index (Phi) is 2.86. The molecule has 3 heteroatoms. The van der Waals surface area contributed by atoms with E-state index in [2.05, 4.69) is 0 Å². The minimum absolute atomic E-state index is 0.0247. The van der Waals surface area contributed by atoms with Crippen molar-refractivity contribution in [2.45, 2.75) is 26.2 Å². The van der Waals surface area contributed by atoms with Crippen LogP contribution in [0.25, 0.3) is 0 Å². The Morgan fingerprint density at radius 1 is 1.44 bits per heavy atom. The Balaban J connectivity index is 2.24. The Bertz CT molecular complexity index is 451. The molecule has 0 radical (unpaired) electrons. The number of hydrogen-bond donors (Lipinski definition) is 0. The molecule has 1 aromatic rings. The van der Waals surface area contributed by atoms with Gasteiger partial charge in [-0.2, -0.15) is 0 Å². The van der Waals surface area contributed by atoms with Gasteiger partial charge < -0.3 is 0 Å². The molecule has 0 bridgehead atoms. The third-order valence-corrected chi connectivity index (χ3v) is 3.07. The van der Waals surface area contributed by atoms with Crippen LogP contribution in [0, 0.1) is 18.7 Å². The second kappa shape index (κ2) is 4.16. The highest BCUT2D eigenvalue weighted by molar-refractivity contribution is 6.02. The maximum absolute atomic E-state index is 12.9. The zero-order chi connectivity index (χ0) is 11.7. The number of carbonyl (C=O) groups is 2. The van der Waals surface area contributed by atoms with Crippen LogP contribution in [-0.2, 0) is 4.79 Å². The Morgan fingerprint density at radius 3 is 2.75 bits per heavy atom. The van der Waals surface area contributed by atoms with E-state index in [0.717, 1.165) is 0 Å². The fourth-order valence-corrected chi connectivity index (χ4v) is 2.16. The van der Waals surface area contributed by atoms with Gasteiger partial charge in [-0.05, 0) is 37.1 Å². The molecule has 1 aromatic carbocycles. The summed E-state index contributed by atoms with van der Waals surface area (Å²) >= 11 is 0. The molecule has 1 atom stereocenters. The van der Waals surface area contributed by atoms with Gasteiger partial charge in [-0.25, -0.2) is 4.39 Å². The number of hydrogen-bond acceptors (Lipinski definition) is 2. The van der Waals surface area contributed by atoms with Crippen LogP contribution in [0.1, 0.15) is 35.2 Å². The van der Waals surface area contributed by atoms with Crippen molar-refractivity contribution in [2.24, 2.45) is 5.92 Å². The second-order valence-electron chi connectivity index (χ2n) is 4.30. The molecule has 84 valence electrons. The second-order valence-corrected chi connectivity index (χ2v) is 4.30. The lowest BCUT2D eigenvalue weighted by atomic mass is 9.93. The van der Waals surface area contributed by atoms with E-state index in [-0.39, 0.29) is 23.3 Å². The first-order chi connectivity index (χ1) is 7.58. The van der Waals surface area contributed by atoms with Crippen molar-refractivity contribution in [1.29, 1.82) is 0 Å². The predicted molar refractivity (Wildman–Crippen MR) is 57.8 cm³/mol. The predicted octanol–water partition coefficient (Wildman–Crippen LogP) is 2.69. The van der Waals surface area contributed by atoms with Gasteiger partial charge in [0.1, 0.15) is 11.6 Å². The van der Waals surface area contributed by atoms with Crippen LogP contribution in [0.4, 0.5) is 4.39 Å². The van der Waals surface area contributed by atoms with Gasteiger partial charge in [-0.1, -0.05) is 0 Å². The van der Waals surface area contributed by atoms with Crippen LogP contribution in [0.5, 0.6) is 0 Å². The van der Waals surface area contributed by atoms with Gasteiger partial charge in [-0.3, -0.25) is 9.59 Å². The Morgan fingerprint density at radius 2 is 2.19 bits per heavy atom. The third-order valence-electron chi connectivity index (χ3n) is 3.07. The standard InChI is InChI=1S/C13H13FO2/c1-8-6-10(14)3-5-12(8)13(16)9-2-4-11(15)7-9/h3,5-6,9H,2,4,7H2,1H3. The van der Waals surface area contributed by atoms with E-state index in [1.165, 1.54) is 18.2 Å². The maximum atomic E-state index is 12.9. The summed E-state index contributed by atoms with van der Waals surface area (Å²) < 4.78 is 12.9. The average molecular weight is 220 g/mol. The molecule has 0 N–H and O–H groups in total. The molecule has 0 saturated heterocycles. The lowest BCUT2D eigenvalue weighted by molar-refractivity contribution is -0.117. The number of Topliss-reactive ketones (excluding diaryl/α,β-unsaturated/α-hetero) is 2. The van der Waals surface area contributed by atoms with E-state index in [0.29, 0.717) is 30.4 Å². The fraction of sp³-hybridized carbons (Fsp3) is 0.385. The van der Waals surface area contributed by atoms with Gasteiger partial charge in [0.05, 0.1) is 0 Å². The minimum atomic E-state index is -0.337. The highest BCUT2D eigenvalue weighted by atomic mass is 19.1. The summed E-state index contributed by atoms with van der Waals surface area (Å²) in [5, 5.41) is 0. The van der Waals surface area contributed by atoms with Crippen molar-refractivity contribution in [3.8, 4) is 0 Å². The number of halogens is 1. The molecule has 0 aromatic heterocycles. The largest absolute Gasteiger partial charge is 0.300 e. The van der Waals surface area contributed by atoms with Crippen molar-refractivity contribution in [2.75, 3.05) is 0 Å². The lowest BCUT2D eigenvalue weighted by Gasteiger charge is -2.09. The Hall–Kier alpha value is -1.51. The zero-order valence-corrected chi connectivity index (χ0v) is 9.13. The zero-order valence-electron chi connectivity index (χ0n) is 9.13. The van der Waals surface area contributed by atoms with Crippen molar-refractivity contribution in [3.05, 3.63) is 35.1 Å². The molecule has 16 heavy (non-hydrogen) atoms. The molecule has 0 aliphatic heterocycles. The van der Waals surface area contributed by atoms with Crippen LogP contribution < -0.4 is 0 Å². The van der Waals surface area contributed by atoms with Crippen molar-refractivity contribution >= 4 is 11.6 Å². The SMILES string of the molecule is Cc1cc(F)ccc1C(=O)C1CCC(=O)C1. The number of benzene rings is 1. The summed E-state index contributed by atoms with van der Waals surface area (Å²) in [7, 11) is 0. The van der Waals surface area contributed by atoms with E-state index in [9.17, 15) is 14.0 Å². The van der Waals surface area contributed by atoms with E-state index in [4.69, 9.17) is 0 Å². The first kappa shape index (κ1) is 11.0. The van der Waals surface area contributed by atoms with Crippen LogP contribution in [0.3, 0.4) is 0 Å². The van der Waals surface area contributed by atoms with Crippen LogP contribution >= 0.6 is 0 Å². The van der Waals surface area contributed by atoms with E-state index in [1.807, 2.05) is 0 Å². The number of aryl methyl sites for hydroxylation is 1. The van der Waals surface area contributed by atoms with Gasteiger partial charge in [0.2, 0.25) is 0 Å². The molecular weight excluding hydrogens is 207 g/mol. The molecule has 1 unspecified atom stereocenters. The van der Waals surface area contributed by atoms with E-state index < -0.39 is 0 Å². The fourth-order valence-electron chi connectivity index (χ4n) is 2.16. The quantitative estimate of drug-likeness (QED) is 0.718. The summed E-state index contributed by atoms with van der Waals surface area (Å²) in [5.41, 5.74) is 1.19. The third kappa shape index (κ3) is 2.03. The lowest BCUT2D eigenvalue weighted by Crippen LogP contribution is -2.13. The molecule has 2 rings (SSSR count). The van der Waals surface area contributed by atoms with Crippen LogP contribution in [-0.4, -0.2) is 11.6 Å². The topological polar surface area (TPSA) is 34.1 Å². The summed E-state index contributed by atoms with van der Waals surface area (Å²) in [5.74, 6) is -0.408. The summed E-state index contributed by atoms with van der Waals surface area (Å²) in [4.78, 5) is 23.2. The molecule has 0 amide bonds. The summed E-state index contributed by atoms with van der Waals surface area (Å²) in [6.07, 6.45) is 1.47. The van der Waals surface area contributed by atoms with Gasteiger partial charge in [0, 0.05) is 24.3 Å². The van der Waals surface area contributed by atoms with Crippen molar-refractivity contribution in [1.82, 2.24) is 0 Å². The van der Waals surface area contributed by atoms with Crippen molar-refractivity contribution < 1.29 is 14.0 Å². The van der Waals surface area contributed by atoms with Gasteiger partial charge in [-0.15, -0.1) is 0 Å². The van der Waals surface area contributed by atoms with Crippen LogP contribution in [0.15, 0.2) is 18.2 Å². The van der Waals surface area contributed by atoms with E-state index >= 15 is 0 Å². The normalized spacial score (nSPS) is 20.1. The molecule has 0 heterocycles. The molecule has 1 aliphatic carbocycles.